The molecule has 29 heavy (non-hydrogen) atoms. The Morgan fingerprint density at radius 1 is 1.07 bits per heavy atom. The number of H-pyrrole nitrogens is 1. The van der Waals surface area contributed by atoms with Crippen LogP contribution in [0.25, 0.3) is 21.6 Å². The molecule has 0 bridgehead atoms. The van der Waals surface area contributed by atoms with Crippen molar-refractivity contribution in [2.75, 3.05) is 6.61 Å². The number of aromatic nitrogens is 2. The molecule has 0 amide bonds. The van der Waals surface area contributed by atoms with Gasteiger partial charge < -0.3 is 9.72 Å². The summed E-state index contributed by atoms with van der Waals surface area (Å²) in [6.45, 7) is 4.05. The van der Waals surface area contributed by atoms with Crippen molar-refractivity contribution in [3.05, 3.63) is 86.5 Å². The fourth-order valence-corrected chi connectivity index (χ4v) is 4.23. The van der Waals surface area contributed by atoms with Gasteiger partial charge in [0.1, 0.15) is 15.5 Å². The number of carbonyl (C=O) groups excluding carboxylic acids is 1. The van der Waals surface area contributed by atoms with Gasteiger partial charge in [-0.3, -0.25) is 4.79 Å². The van der Waals surface area contributed by atoms with E-state index in [1.807, 2.05) is 61.5 Å². The first kappa shape index (κ1) is 19.1. The summed E-state index contributed by atoms with van der Waals surface area (Å²) in [5.74, 6) is 0.0745. The lowest BCUT2D eigenvalue weighted by molar-refractivity contribution is 0.0514. The smallest absolute Gasteiger partial charge is 0.348 e. The highest BCUT2D eigenvalue weighted by Gasteiger charge is 2.20. The van der Waals surface area contributed by atoms with Gasteiger partial charge in [-0.15, -0.1) is 11.3 Å². The number of aryl methyl sites for hydroxylation is 2. The van der Waals surface area contributed by atoms with Crippen LogP contribution in [0.3, 0.4) is 0 Å². The molecule has 2 aromatic carbocycles. The highest BCUT2D eigenvalue weighted by Crippen LogP contribution is 2.29. The molecule has 1 N–H and O–H groups in total. The van der Waals surface area contributed by atoms with Crippen molar-refractivity contribution in [1.82, 2.24) is 9.97 Å². The van der Waals surface area contributed by atoms with E-state index < -0.39 is 5.97 Å². The second-order valence-corrected chi connectivity index (χ2v) is 7.89. The summed E-state index contributed by atoms with van der Waals surface area (Å²) in [7, 11) is 0. The molecule has 0 spiro atoms. The molecule has 0 fully saturated rings. The van der Waals surface area contributed by atoms with Gasteiger partial charge in [-0.05, 0) is 25.0 Å². The molecule has 0 saturated heterocycles. The number of nitrogens with one attached hydrogen (secondary N) is 1. The van der Waals surface area contributed by atoms with Crippen LogP contribution in [0.5, 0.6) is 0 Å². The number of aromatic amines is 1. The van der Waals surface area contributed by atoms with Crippen LogP contribution in [-0.2, 0) is 11.2 Å². The number of thiophene rings is 1. The van der Waals surface area contributed by atoms with Crippen molar-refractivity contribution in [1.29, 1.82) is 0 Å². The molecule has 0 radical (unpaired) electrons. The van der Waals surface area contributed by atoms with Crippen LogP contribution in [0, 0.1) is 13.8 Å². The number of ether oxygens (including phenoxy) is 1. The van der Waals surface area contributed by atoms with Crippen LogP contribution in [-0.4, -0.2) is 22.5 Å². The molecular formula is C23H20N2O3S. The molecule has 0 aliphatic heterocycles. The van der Waals surface area contributed by atoms with E-state index in [1.54, 1.807) is 6.92 Å². The Kier molecular flexibility index (Phi) is 5.27. The molecule has 0 unspecified atom stereocenters. The summed E-state index contributed by atoms with van der Waals surface area (Å²) in [6.07, 6.45) is 0.646. The normalized spacial score (nSPS) is 11.0. The van der Waals surface area contributed by atoms with Gasteiger partial charge in [0, 0.05) is 12.0 Å². The van der Waals surface area contributed by atoms with Crippen LogP contribution in [0.1, 0.15) is 26.4 Å². The predicted molar refractivity (Wildman–Crippen MR) is 116 cm³/mol. The van der Waals surface area contributed by atoms with E-state index in [4.69, 9.17) is 4.74 Å². The molecular weight excluding hydrogens is 384 g/mol. The monoisotopic (exact) mass is 404 g/mol. The van der Waals surface area contributed by atoms with Crippen LogP contribution in [0.15, 0.2) is 59.4 Å². The van der Waals surface area contributed by atoms with Crippen molar-refractivity contribution < 1.29 is 9.53 Å². The molecule has 4 rings (SSSR count). The first-order chi connectivity index (χ1) is 14.0. The fourth-order valence-electron chi connectivity index (χ4n) is 3.16. The summed E-state index contributed by atoms with van der Waals surface area (Å²) in [5.41, 5.74) is 3.42. The minimum Gasteiger partial charge on any atom is -0.461 e. The Hall–Kier alpha value is -3.25. The van der Waals surface area contributed by atoms with E-state index in [9.17, 15) is 9.59 Å². The van der Waals surface area contributed by atoms with Gasteiger partial charge in [-0.25, -0.2) is 9.78 Å². The van der Waals surface area contributed by atoms with Gasteiger partial charge in [0.2, 0.25) is 0 Å². The summed E-state index contributed by atoms with van der Waals surface area (Å²) in [6, 6.07) is 17.6. The number of hydrogen-bond donors (Lipinski definition) is 1. The van der Waals surface area contributed by atoms with Crippen LogP contribution in [0.2, 0.25) is 0 Å². The number of fused-ring (bicyclic) bond motifs is 1. The van der Waals surface area contributed by atoms with E-state index in [0.29, 0.717) is 32.9 Å². The summed E-state index contributed by atoms with van der Waals surface area (Å²) < 4.78 is 5.44. The highest BCUT2D eigenvalue weighted by molar-refractivity contribution is 7.20. The van der Waals surface area contributed by atoms with E-state index >= 15 is 0 Å². The maximum absolute atomic E-state index is 12.7. The van der Waals surface area contributed by atoms with Crippen molar-refractivity contribution >= 4 is 27.5 Å². The van der Waals surface area contributed by atoms with Gasteiger partial charge in [-0.2, -0.15) is 0 Å². The molecule has 4 aromatic rings. The minimum absolute atomic E-state index is 0.248. The van der Waals surface area contributed by atoms with Crippen LogP contribution in [0.4, 0.5) is 0 Å². The Balaban J connectivity index is 1.59. The SMILES string of the molecule is Cc1ccc(-c2nc3sc(C(=O)OCCc4ccccc4)c(C)c3c(=O)[nH]2)cc1. The van der Waals surface area contributed by atoms with Crippen molar-refractivity contribution in [2.45, 2.75) is 20.3 Å². The molecule has 146 valence electrons. The van der Waals surface area contributed by atoms with Gasteiger partial charge >= 0.3 is 5.97 Å². The topological polar surface area (TPSA) is 72.0 Å². The van der Waals surface area contributed by atoms with Gasteiger partial charge in [0.05, 0.1) is 12.0 Å². The average molecular weight is 404 g/mol. The third-order valence-electron chi connectivity index (χ3n) is 4.78. The number of esters is 1. The Morgan fingerprint density at radius 3 is 2.52 bits per heavy atom. The molecule has 2 aromatic heterocycles. The Labute approximate surface area is 172 Å². The Morgan fingerprint density at radius 2 is 1.79 bits per heavy atom. The Bertz CT molecular complexity index is 1220. The number of rotatable bonds is 5. The van der Waals surface area contributed by atoms with Crippen molar-refractivity contribution in [2.24, 2.45) is 0 Å². The zero-order valence-corrected chi connectivity index (χ0v) is 17.0. The van der Waals surface area contributed by atoms with E-state index in [0.717, 1.165) is 16.7 Å². The maximum atomic E-state index is 12.7. The van der Waals surface area contributed by atoms with E-state index in [1.165, 1.54) is 11.3 Å². The standard InChI is InChI=1S/C23H20N2O3S/c1-14-8-10-17(11-9-14)20-24-21(26)18-15(2)19(29-22(18)25-20)23(27)28-13-12-16-6-4-3-5-7-16/h3-11H,12-13H2,1-2H3,(H,24,25,26). The first-order valence-electron chi connectivity index (χ1n) is 9.34. The lowest BCUT2D eigenvalue weighted by atomic mass is 10.1. The van der Waals surface area contributed by atoms with Gasteiger partial charge in [0.25, 0.3) is 5.56 Å². The van der Waals surface area contributed by atoms with Crippen molar-refractivity contribution in [3.8, 4) is 11.4 Å². The highest BCUT2D eigenvalue weighted by atomic mass is 32.1. The number of hydrogen-bond acceptors (Lipinski definition) is 5. The molecule has 0 aliphatic carbocycles. The van der Waals surface area contributed by atoms with E-state index in [-0.39, 0.29) is 12.2 Å². The van der Waals surface area contributed by atoms with Gasteiger partial charge in [0.15, 0.2) is 0 Å². The fraction of sp³-hybridized carbons (Fsp3) is 0.174. The summed E-state index contributed by atoms with van der Waals surface area (Å²) in [4.78, 5) is 33.6. The second kappa shape index (κ2) is 8.01. The predicted octanol–water partition coefficient (Wildman–Crippen LogP) is 4.67. The number of benzene rings is 2. The average Bonchev–Trinajstić information content (AvgIpc) is 3.06. The number of nitrogens with zero attached hydrogens (tertiary/aromatic N) is 1. The first-order valence-corrected chi connectivity index (χ1v) is 10.2. The lowest BCUT2D eigenvalue weighted by Crippen LogP contribution is -2.10. The quantitative estimate of drug-likeness (QED) is 0.491. The molecule has 0 aliphatic rings. The second-order valence-electron chi connectivity index (χ2n) is 6.89. The molecule has 6 heteroatoms. The zero-order valence-electron chi connectivity index (χ0n) is 16.2. The summed E-state index contributed by atoms with van der Waals surface area (Å²) in [5, 5.41) is 0.445. The molecule has 0 atom stereocenters. The third kappa shape index (κ3) is 3.98. The summed E-state index contributed by atoms with van der Waals surface area (Å²) >= 11 is 1.20. The van der Waals surface area contributed by atoms with Gasteiger partial charge in [-0.1, -0.05) is 60.2 Å². The van der Waals surface area contributed by atoms with Crippen LogP contribution >= 0.6 is 11.3 Å². The molecule has 0 saturated carbocycles. The maximum Gasteiger partial charge on any atom is 0.348 e. The number of carbonyl (C=O) groups is 1. The van der Waals surface area contributed by atoms with E-state index in [2.05, 4.69) is 9.97 Å². The largest absolute Gasteiger partial charge is 0.461 e. The third-order valence-corrected chi connectivity index (χ3v) is 5.94. The molecule has 2 heterocycles. The molecule has 5 nitrogen and oxygen atoms in total. The zero-order chi connectivity index (χ0) is 20.4. The minimum atomic E-state index is -0.419. The van der Waals surface area contributed by atoms with Crippen LogP contribution < -0.4 is 5.56 Å². The van der Waals surface area contributed by atoms with Crippen molar-refractivity contribution in [3.63, 3.8) is 0 Å². The lowest BCUT2D eigenvalue weighted by Gasteiger charge is -2.04.